The van der Waals surface area contributed by atoms with Crippen LogP contribution in [-0.2, 0) is 14.8 Å². The largest absolute Gasteiger partial charge is 0.326 e. The molecule has 0 aromatic heterocycles. The van der Waals surface area contributed by atoms with E-state index in [4.69, 9.17) is 0 Å². The second kappa shape index (κ2) is 7.11. The highest BCUT2D eigenvalue weighted by Crippen LogP contribution is 2.43. The van der Waals surface area contributed by atoms with Gasteiger partial charge in [-0.25, -0.2) is 8.42 Å². The lowest BCUT2D eigenvalue weighted by Gasteiger charge is -2.42. The first-order valence-corrected chi connectivity index (χ1v) is 13.2. The van der Waals surface area contributed by atoms with E-state index in [-0.39, 0.29) is 10.9 Å². The Hall–Kier alpha value is -1.34. The van der Waals surface area contributed by atoms with Crippen molar-refractivity contribution in [2.45, 2.75) is 70.5 Å². The molecule has 0 bridgehead atoms. The number of sulfonamides is 1. The van der Waals surface area contributed by atoms with E-state index in [0.29, 0.717) is 17.4 Å². The normalized spacial score (nSPS) is 13.4. The van der Waals surface area contributed by atoms with E-state index in [1.54, 1.807) is 38.1 Å². The van der Waals surface area contributed by atoms with Gasteiger partial charge in [0.05, 0.1) is 18.5 Å². The van der Waals surface area contributed by atoms with E-state index in [1.165, 1.54) is 6.92 Å². The second-order valence-electron chi connectivity index (χ2n) is 8.94. The Morgan fingerprint density at radius 3 is 2.08 bits per heavy atom. The number of nitrogens with one attached hydrogen (secondary N) is 2. The van der Waals surface area contributed by atoms with Gasteiger partial charge in [0, 0.05) is 12.6 Å². The minimum Gasteiger partial charge on any atom is -0.326 e. The molecule has 1 amide bonds. The van der Waals surface area contributed by atoms with Gasteiger partial charge in [0.25, 0.3) is 0 Å². The van der Waals surface area contributed by atoms with Crippen molar-refractivity contribution in [1.82, 2.24) is 0 Å². The van der Waals surface area contributed by atoms with Gasteiger partial charge in [-0.3, -0.25) is 9.52 Å². The molecule has 5 nitrogen and oxygen atoms in total. The fourth-order valence-corrected chi connectivity index (χ4v) is 7.80. The van der Waals surface area contributed by atoms with Crippen molar-refractivity contribution in [2.75, 3.05) is 10.0 Å². The van der Waals surface area contributed by atoms with Crippen LogP contribution in [0.25, 0.3) is 0 Å². The van der Waals surface area contributed by atoms with E-state index < -0.39 is 22.8 Å². The summed E-state index contributed by atoms with van der Waals surface area (Å²) in [5.41, 5.74) is 1.02. The van der Waals surface area contributed by atoms with Crippen molar-refractivity contribution >= 4 is 35.4 Å². The summed E-state index contributed by atoms with van der Waals surface area (Å²) in [7, 11) is -5.36. The van der Waals surface area contributed by atoms with Crippen LogP contribution in [0, 0.1) is 0 Å². The molecular formula is C18H32N2O3SSi. The molecule has 0 heterocycles. The van der Waals surface area contributed by atoms with E-state index >= 15 is 0 Å². The molecule has 1 aromatic carbocycles. The summed E-state index contributed by atoms with van der Waals surface area (Å²) in [6.45, 7) is 16.0. The van der Waals surface area contributed by atoms with Crippen LogP contribution < -0.4 is 10.0 Å². The van der Waals surface area contributed by atoms with Gasteiger partial charge in [0.15, 0.2) is 0 Å². The number of rotatable bonds is 6. The third-order valence-electron chi connectivity index (χ3n) is 5.06. The highest BCUT2D eigenvalue weighted by Gasteiger charge is 2.45. The smallest absolute Gasteiger partial charge is 0.237 e. The first-order chi connectivity index (χ1) is 11.1. The van der Waals surface area contributed by atoms with Crippen LogP contribution in [0.15, 0.2) is 24.3 Å². The first-order valence-electron chi connectivity index (χ1n) is 8.47. The van der Waals surface area contributed by atoms with Crippen LogP contribution in [0.4, 0.5) is 11.4 Å². The zero-order valence-electron chi connectivity index (χ0n) is 16.6. The molecule has 0 aliphatic rings. The van der Waals surface area contributed by atoms with Gasteiger partial charge in [0.1, 0.15) is 0 Å². The molecule has 0 fully saturated rings. The number of hydrogen-bond acceptors (Lipinski definition) is 3. The molecule has 0 radical (unpaired) electrons. The number of amides is 1. The Morgan fingerprint density at radius 2 is 1.60 bits per heavy atom. The average Bonchev–Trinajstić information content (AvgIpc) is 2.34. The molecule has 0 aliphatic carbocycles. The fraction of sp³-hybridized carbons (Fsp3) is 0.611. The molecular weight excluding hydrogens is 352 g/mol. The van der Waals surface area contributed by atoms with Crippen LogP contribution in [-0.4, -0.2) is 27.1 Å². The Balaban J connectivity index is 3.06. The third-order valence-corrected chi connectivity index (χ3v) is 13.2. The van der Waals surface area contributed by atoms with Gasteiger partial charge < -0.3 is 5.32 Å². The predicted molar refractivity (Wildman–Crippen MR) is 109 cm³/mol. The van der Waals surface area contributed by atoms with E-state index in [1.807, 2.05) is 0 Å². The topological polar surface area (TPSA) is 75.3 Å². The predicted octanol–water partition coefficient (Wildman–Crippen LogP) is 4.67. The van der Waals surface area contributed by atoms with Crippen LogP contribution in [0.5, 0.6) is 0 Å². The monoisotopic (exact) mass is 384 g/mol. The van der Waals surface area contributed by atoms with Crippen molar-refractivity contribution in [3.8, 4) is 0 Å². The van der Waals surface area contributed by atoms with E-state index in [0.717, 1.165) is 0 Å². The molecule has 0 atom stereocenters. The van der Waals surface area contributed by atoms with Crippen molar-refractivity contribution in [3.63, 3.8) is 0 Å². The van der Waals surface area contributed by atoms with Crippen LogP contribution in [0.3, 0.4) is 0 Å². The number of benzene rings is 1. The van der Waals surface area contributed by atoms with Crippen LogP contribution in [0.1, 0.15) is 41.5 Å². The van der Waals surface area contributed by atoms with Crippen molar-refractivity contribution in [2.24, 2.45) is 0 Å². The second-order valence-corrected chi connectivity index (χ2v) is 16.9. The van der Waals surface area contributed by atoms with E-state index in [2.05, 4.69) is 43.9 Å². The maximum Gasteiger partial charge on any atom is 0.237 e. The maximum atomic E-state index is 13.0. The summed E-state index contributed by atoms with van der Waals surface area (Å²) < 4.78 is 27.8. The lowest BCUT2D eigenvalue weighted by Crippen LogP contribution is -2.48. The average molecular weight is 385 g/mol. The Kier molecular flexibility index (Phi) is 6.17. The molecule has 0 saturated carbocycles. The van der Waals surface area contributed by atoms with Crippen LogP contribution in [0.2, 0.25) is 24.2 Å². The Morgan fingerprint density at radius 1 is 1.08 bits per heavy atom. The van der Waals surface area contributed by atoms with Gasteiger partial charge in [-0.15, -0.1) is 0 Å². The summed E-state index contributed by atoms with van der Waals surface area (Å²) in [5, 5.41) is 2.78. The molecule has 2 N–H and O–H groups in total. The number of carbonyl (C=O) groups excluding carboxylic acids is 1. The van der Waals surface area contributed by atoms with Crippen molar-refractivity contribution in [3.05, 3.63) is 24.3 Å². The molecule has 0 unspecified atom stereocenters. The Labute approximate surface area is 153 Å². The van der Waals surface area contributed by atoms with Gasteiger partial charge >= 0.3 is 0 Å². The fourth-order valence-electron chi connectivity index (χ4n) is 2.58. The quantitative estimate of drug-likeness (QED) is 0.700. The molecule has 25 heavy (non-hydrogen) atoms. The first kappa shape index (κ1) is 21.7. The summed E-state index contributed by atoms with van der Waals surface area (Å²) in [6, 6.07) is 7.40. The lowest BCUT2D eigenvalue weighted by molar-refractivity contribution is -0.114. The maximum absolute atomic E-state index is 13.0. The van der Waals surface area contributed by atoms with E-state index in [9.17, 15) is 13.2 Å². The molecule has 0 aliphatic heterocycles. The standard InChI is InChI=1S/C18H32N2O3SSi/c1-14(21)19-15-10-9-11-16(12-15)20-24(22,23)18(5,6)13-25(7,8)17(2,3)4/h9-12,20H,13H2,1-8H3,(H,19,21). The van der Waals surface area contributed by atoms with Crippen molar-refractivity contribution < 1.29 is 13.2 Å². The van der Waals surface area contributed by atoms with Gasteiger partial charge in [-0.05, 0) is 43.1 Å². The number of carbonyl (C=O) groups is 1. The lowest BCUT2D eigenvalue weighted by atomic mass is 10.2. The highest BCUT2D eigenvalue weighted by atomic mass is 32.2. The molecule has 1 rings (SSSR count). The molecule has 0 spiro atoms. The summed E-state index contributed by atoms with van der Waals surface area (Å²) in [4.78, 5) is 11.2. The SMILES string of the molecule is CC(=O)Nc1cccc(NS(=O)(=O)C(C)(C)C[Si](C)(C)C(C)(C)C)c1. The summed E-state index contributed by atoms with van der Waals surface area (Å²) >= 11 is 0. The van der Waals surface area contributed by atoms with Gasteiger partial charge in [-0.1, -0.05) is 39.9 Å². The molecule has 142 valence electrons. The van der Waals surface area contributed by atoms with Crippen LogP contribution >= 0.6 is 0 Å². The zero-order valence-corrected chi connectivity index (χ0v) is 18.5. The van der Waals surface area contributed by atoms with Crippen molar-refractivity contribution in [1.29, 1.82) is 0 Å². The number of hydrogen-bond donors (Lipinski definition) is 2. The van der Waals surface area contributed by atoms with Gasteiger partial charge in [0.2, 0.25) is 15.9 Å². The third kappa shape index (κ3) is 5.57. The highest BCUT2D eigenvalue weighted by molar-refractivity contribution is 7.94. The molecule has 1 aromatic rings. The summed E-state index contributed by atoms with van der Waals surface area (Å²) in [6.07, 6.45) is 0. The minimum absolute atomic E-state index is 0.116. The molecule has 7 heteroatoms. The molecule has 0 saturated heterocycles. The Bertz CT molecular complexity index is 735. The summed E-state index contributed by atoms with van der Waals surface area (Å²) in [5.74, 6) is -0.196. The zero-order chi connectivity index (χ0) is 19.7. The number of anilines is 2. The minimum atomic E-state index is -3.58. The van der Waals surface area contributed by atoms with Gasteiger partial charge in [-0.2, -0.15) is 0 Å².